The molecule has 6 heteroatoms. The molecule has 2 heterocycles. The van der Waals surface area contributed by atoms with E-state index in [4.69, 9.17) is 8.94 Å². The zero-order valence-corrected chi connectivity index (χ0v) is 15.3. The molecule has 0 N–H and O–H groups in total. The Morgan fingerprint density at radius 3 is 2.50 bits per heavy atom. The second kappa shape index (κ2) is 7.17. The van der Waals surface area contributed by atoms with Gasteiger partial charge in [0.2, 0.25) is 5.89 Å². The van der Waals surface area contributed by atoms with Crippen LogP contribution in [0.3, 0.4) is 0 Å². The van der Waals surface area contributed by atoms with Crippen molar-refractivity contribution < 1.29 is 8.94 Å². The molecule has 0 atom stereocenters. The van der Waals surface area contributed by atoms with Crippen LogP contribution in [0.2, 0.25) is 0 Å². The van der Waals surface area contributed by atoms with Crippen molar-refractivity contribution in [3.63, 3.8) is 0 Å². The molecule has 0 spiro atoms. The van der Waals surface area contributed by atoms with Gasteiger partial charge < -0.3 is 8.94 Å². The highest BCUT2D eigenvalue weighted by Crippen LogP contribution is 2.34. The maximum Gasteiger partial charge on any atom is 0.253 e. The van der Waals surface area contributed by atoms with Crippen molar-refractivity contribution in [2.45, 2.75) is 24.5 Å². The molecule has 0 bridgehead atoms. The first-order chi connectivity index (χ1) is 12.7. The van der Waals surface area contributed by atoms with Gasteiger partial charge in [0.15, 0.2) is 0 Å². The summed E-state index contributed by atoms with van der Waals surface area (Å²) in [6, 6.07) is 18.1. The van der Waals surface area contributed by atoms with Crippen LogP contribution in [-0.4, -0.2) is 15.4 Å². The molecule has 0 unspecified atom stereocenters. The molecule has 0 aliphatic heterocycles. The molecule has 2 aromatic heterocycles. The van der Waals surface area contributed by atoms with Crippen LogP contribution in [0.1, 0.15) is 17.2 Å². The maximum absolute atomic E-state index is 5.89. The van der Waals surface area contributed by atoms with E-state index in [0.29, 0.717) is 29.0 Å². The van der Waals surface area contributed by atoms with Crippen LogP contribution >= 0.6 is 11.8 Å². The molecule has 26 heavy (non-hydrogen) atoms. The standard InChI is InChI=1S/C20H17N3O2S/c1-13-8-6-7-11-16(13)26-12-17-21-22-20(24-17)18-14(2)25-23-19(18)15-9-4-3-5-10-15/h3-11H,12H2,1-2H3. The molecule has 2 aromatic carbocycles. The third-order valence-corrected chi connectivity index (χ3v) is 5.20. The van der Waals surface area contributed by atoms with E-state index in [1.165, 1.54) is 10.5 Å². The van der Waals surface area contributed by atoms with E-state index in [-0.39, 0.29) is 0 Å². The number of thioether (sulfide) groups is 1. The average Bonchev–Trinajstić information content (AvgIpc) is 3.28. The van der Waals surface area contributed by atoms with E-state index in [2.05, 4.69) is 34.4 Å². The lowest BCUT2D eigenvalue weighted by atomic mass is 10.1. The molecular weight excluding hydrogens is 346 g/mol. The zero-order chi connectivity index (χ0) is 17.9. The van der Waals surface area contributed by atoms with Crippen LogP contribution in [0, 0.1) is 13.8 Å². The Kier molecular flexibility index (Phi) is 4.58. The molecule has 0 aliphatic rings. The quantitative estimate of drug-likeness (QED) is 0.448. The fourth-order valence-corrected chi connectivity index (χ4v) is 3.55. The average molecular weight is 363 g/mol. The topological polar surface area (TPSA) is 65.0 Å². The van der Waals surface area contributed by atoms with Crippen molar-refractivity contribution in [3.8, 4) is 22.7 Å². The third kappa shape index (κ3) is 3.28. The molecule has 0 saturated carbocycles. The first-order valence-corrected chi connectivity index (χ1v) is 9.24. The van der Waals surface area contributed by atoms with Gasteiger partial charge in [-0.05, 0) is 25.5 Å². The minimum atomic E-state index is 0.433. The van der Waals surface area contributed by atoms with E-state index < -0.39 is 0 Å². The van der Waals surface area contributed by atoms with E-state index in [9.17, 15) is 0 Å². The molecule has 0 fully saturated rings. The van der Waals surface area contributed by atoms with Gasteiger partial charge in [-0.3, -0.25) is 0 Å². The molecular formula is C20H17N3O2S. The summed E-state index contributed by atoms with van der Waals surface area (Å²) in [7, 11) is 0. The summed E-state index contributed by atoms with van der Waals surface area (Å²) in [6.45, 7) is 3.94. The number of aromatic nitrogens is 3. The Morgan fingerprint density at radius 1 is 0.923 bits per heavy atom. The summed E-state index contributed by atoms with van der Waals surface area (Å²) < 4.78 is 11.3. The monoisotopic (exact) mass is 363 g/mol. The Hall–Kier alpha value is -2.86. The SMILES string of the molecule is Cc1ccccc1SCc1nnc(-c2c(-c3ccccc3)noc2C)o1. The van der Waals surface area contributed by atoms with Gasteiger partial charge in [0.05, 0.1) is 5.75 Å². The van der Waals surface area contributed by atoms with Crippen LogP contribution < -0.4 is 0 Å². The van der Waals surface area contributed by atoms with Crippen molar-refractivity contribution >= 4 is 11.8 Å². The first-order valence-electron chi connectivity index (χ1n) is 8.25. The van der Waals surface area contributed by atoms with Crippen molar-refractivity contribution in [1.82, 2.24) is 15.4 Å². The van der Waals surface area contributed by atoms with Crippen molar-refractivity contribution in [2.75, 3.05) is 0 Å². The number of hydrogen-bond acceptors (Lipinski definition) is 6. The van der Waals surface area contributed by atoms with Gasteiger partial charge in [-0.15, -0.1) is 22.0 Å². The smallest absolute Gasteiger partial charge is 0.253 e. The van der Waals surface area contributed by atoms with Crippen LogP contribution in [0.4, 0.5) is 0 Å². The highest BCUT2D eigenvalue weighted by Gasteiger charge is 2.21. The summed E-state index contributed by atoms with van der Waals surface area (Å²) in [5, 5.41) is 12.6. The molecule has 0 aliphatic carbocycles. The lowest BCUT2D eigenvalue weighted by molar-refractivity contribution is 0.399. The van der Waals surface area contributed by atoms with E-state index in [0.717, 1.165) is 11.1 Å². The molecule has 4 aromatic rings. The number of benzene rings is 2. The molecule has 0 radical (unpaired) electrons. The van der Waals surface area contributed by atoms with Gasteiger partial charge in [0.1, 0.15) is 17.0 Å². The molecule has 0 saturated heterocycles. The van der Waals surface area contributed by atoms with Crippen LogP contribution in [0.15, 0.2) is 68.4 Å². The summed E-state index contributed by atoms with van der Waals surface area (Å²) in [6.07, 6.45) is 0. The first kappa shape index (κ1) is 16.6. The maximum atomic E-state index is 5.89. The molecule has 0 amide bonds. The number of hydrogen-bond donors (Lipinski definition) is 0. The minimum Gasteiger partial charge on any atom is -0.420 e. The van der Waals surface area contributed by atoms with E-state index in [1.807, 2.05) is 49.4 Å². The van der Waals surface area contributed by atoms with Gasteiger partial charge in [-0.25, -0.2) is 0 Å². The van der Waals surface area contributed by atoms with Gasteiger partial charge in [-0.1, -0.05) is 53.7 Å². The van der Waals surface area contributed by atoms with E-state index in [1.54, 1.807) is 11.8 Å². The van der Waals surface area contributed by atoms with Gasteiger partial charge >= 0.3 is 0 Å². The summed E-state index contributed by atoms with van der Waals surface area (Å²) in [5.41, 5.74) is 3.65. The van der Waals surface area contributed by atoms with Gasteiger partial charge in [-0.2, -0.15) is 0 Å². The van der Waals surface area contributed by atoms with Crippen LogP contribution in [0.5, 0.6) is 0 Å². The Bertz CT molecular complexity index is 1020. The summed E-state index contributed by atoms with van der Waals surface area (Å²) in [4.78, 5) is 1.21. The van der Waals surface area contributed by atoms with Crippen molar-refractivity contribution in [2.24, 2.45) is 0 Å². The Balaban J connectivity index is 1.59. The second-order valence-corrected chi connectivity index (χ2v) is 6.90. The highest BCUT2D eigenvalue weighted by atomic mass is 32.2. The van der Waals surface area contributed by atoms with Crippen molar-refractivity contribution in [3.05, 3.63) is 71.8 Å². The van der Waals surface area contributed by atoms with Gasteiger partial charge in [0.25, 0.3) is 5.89 Å². The molecule has 5 nitrogen and oxygen atoms in total. The predicted molar refractivity (Wildman–Crippen MR) is 101 cm³/mol. The normalized spacial score (nSPS) is 11.0. The summed E-state index contributed by atoms with van der Waals surface area (Å²) in [5.74, 6) is 2.28. The highest BCUT2D eigenvalue weighted by molar-refractivity contribution is 7.98. The number of rotatable bonds is 5. The third-order valence-electron chi connectivity index (χ3n) is 4.04. The minimum absolute atomic E-state index is 0.433. The van der Waals surface area contributed by atoms with Gasteiger partial charge in [0, 0.05) is 10.5 Å². The Labute approximate surface area is 155 Å². The van der Waals surface area contributed by atoms with Crippen molar-refractivity contribution in [1.29, 1.82) is 0 Å². The lowest BCUT2D eigenvalue weighted by Crippen LogP contribution is -1.84. The lowest BCUT2D eigenvalue weighted by Gasteiger charge is -2.02. The fraction of sp³-hybridized carbons (Fsp3) is 0.150. The molecule has 130 valence electrons. The number of nitrogens with zero attached hydrogens (tertiary/aromatic N) is 3. The predicted octanol–water partition coefficient (Wildman–Crippen LogP) is 5.30. The Morgan fingerprint density at radius 2 is 1.69 bits per heavy atom. The zero-order valence-electron chi connectivity index (χ0n) is 14.5. The van der Waals surface area contributed by atoms with Crippen LogP contribution in [-0.2, 0) is 5.75 Å². The van der Waals surface area contributed by atoms with Crippen LogP contribution in [0.25, 0.3) is 22.7 Å². The second-order valence-electron chi connectivity index (χ2n) is 5.88. The summed E-state index contributed by atoms with van der Waals surface area (Å²) >= 11 is 1.68. The van der Waals surface area contributed by atoms with E-state index >= 15 is 0 Å². The largest absolute Gasteiger partial charge is 0.420 e. The fourth-order valence-electron chi connectivity index (χ4n) is 2.69. The molecule has 4 rings (SSSR count). The number of aryl methyl sites for hydroxylation is 2.